The molecule has 2 fully saturated rings. The average molecular weight is 399 g/mol. The second kappa shape index (κ2) is 8.79. The van der Waals surface area contributed by atoms with E-state index < -0.39 is 0 Å². The Kier molecular flexibility index (Phi) is 6.15. The predicted octanol–water partition coefficient (Wildman–Crippen LogP) is 2.18. The molecule has 0 spiro atoms. The van der Waals surface area contributed by atoms with Crippen molar-refractivity contribution in [3.05, 3.63) is 24.0 Å². The number of carbonyl (C=O) groups excluding carboxylic acids is 1. The second-order valence-corrected chi connectivity index (χ2v) is 8.93. The first-order chi connectivity index (χ1) is 14.0. The van der Waals surface area contributed by atoms with E-state index in [9.17, 15) is 4.79 Å². The molecule has 0 bridgehead atoms. The molecule has 2 saturated heterocycles. The topological polar surface area (TPSA) is 57.5 Å². The molecule has 158 valence electrons. The monoisotopic (exact) mass is 398 g/mol. The Morgan fingerprint density at radius 1 is 1.24 bits per heavy atom. The second-order valence-electron chi connectivity index (χ2n) is 8.93. The van der Waals surface area contributed by atoms with Crippen molar-refractivity contribution < 1.29 is 4.79 Å². The van der Waals surface area contributed by atoms with Gasteiger partial charge in [-0.15, -0.1) is 0 Å². The molecule has 7 heteroatoms. The minimum absolute atomic E-state index is 0.274. The van der Waals surface area contributed by atoms with Gasteiger partial charge in [0.05, 0.1) is 18.8 Å². The summed E-state index contributed by atoms with van der Waals surface area (Å²) in [5.74, 6) is 0.570. The van der Waals surface area contributed by atoms with Crippen molar-refractivity contribution in [2.24, 2.45) is 0 Å². The fourth-order valence-corrected chi connectivity index (χ4v) is 4.66. The van der Waals surface area contributed by atoms with Gasteiger partial charge in [0, 0.05) is 43.2 Å². The molecule has 0 saturated carbocycles. The molecule has 1 amide bonds. The molecule has 2 aliphatic rings. The molecule has 0 radical (unpaired) electrons. The predicted molar refractivity (Wildman–Crippen MR) is 115 cm³/mol. The summed E-state index contributed by atoms with van der Waals surface area (Å²) in [4.78, 5) is 24.1. The van der Waals surface area contributed by atoms with Gasteiger partial charge in [0.1, 0.15) is 0 Å². The molecule has 4 rings (SSSR count). The Labute approximate surface area is 173 Å². The maximum Gasteiger partial charge on any atom is 0.236 e. The van der Waals surface area contributed by atoms with Gasteiger partial charge in [-0.05, 0) is 59.0 Å². The van der Waals surface area contributed by atoms with Gasteiger partial charge in [0.2, 0.25) is 5.91 Å². The first-order valence-electron chi connectivity index (χ1n) is 11.0. The van der Waals surface area contributed by atoms with Gasteiger partial charge in [0.15, 0.2) is 5.65 Å². The molecule has 2 aliphatic heterocycles. The highest BCUT2D eigenvalue weighted by molar-refractivity contribution is 5.80. The van der Waals surface area contributed by atoms with E-state index in [2.05, 4.69) is 41.9 Å². The number of hydrogen-bond donors (Lipinski definition) is 0. The number of piperidine rings is 1. The summed E-state index contributed by atoms with van der Waals surface area (Å²) in [7, 11) is 4.15. The number of carbonyl (C=O) groups is 1. The lowest BCUT2D eigenvalue weighted by molar-refractivity contribution is -0.132. The van der Waals surface area contributed by atoms with Crippen molar-refractivity contribution in [3.8, 4) is 0 Å². The first kappa shape index (κ1) is 20.3. The summed E-state index contributed by atoms with van der Waals surface area (Å²) in [6, 6.07) is 4.63. The number of fused-ring (bicyclic) bond motifs is 1. The van der Waals surface area contributed by atoms with E-state index in [-0.39, 0.29) is 5.91 Å². The summed E-state index contributed by atoms with van der Waals surface area (Å²) in [5.41, 5.74) is 2.06. The van der Waals surface area contributed by atoms with Crippen molar-refractivity contribution >= 4 is 16.9 Å². The summed E-state index contributed by atoms with van der Waals surface area (Å²) >= 11 is 0. The molecule has 0 N–H and O–H groups in total. The normalized spacial score (nSPS) is 23.4. The Morgan fingerprint density at radius 2 is 2.10 bits per heavy atom. The Morgan fingerprint density at radius 3 is 2.90 bits per heavy atom. The minimum Gasteiger partial charge on any atom is -0.341 e. The number of nitrogens with zero attached hydrogens (tertiary/aromatic N) is 6. The highest BCUT2D eigenvalue weighted by Gasteiger charge is 2.32. The van der Waals surface area contributed by atoms with E-state index >= 15 is 0 Å². The number of likely N-dealkylation sites (N-methyl/N-ethyl adjacent to an activating group) is 1. The zero-order valence-electron chi connectivity index (χ0n) is 18.0. The van der Waals surface area contributed by atoms with Crippen LogP contribution in [-0.4, -0.2) is 88.2 Å². The van der Waals surface area contributed by atoms with Crippen LogP contribution < -0.4 is 0 Å². The fraction of sp³-hybridized carbons (Fsp3) is 0.682. The molecule has 2 unspecified atom stereocenters. The van der Waals surface area contributed by atoms with Crippen molar-refractivity contribution in [3.63, 3.8) is 0 Å². The number of hydrogen-bond acceptors (Lipinski definition) is 5. The van der Waals surface area contributed by atoms with E-state index in [0.717, 1.165) is 55.9 Å². The van der Waals surface area contributed by atoms with Crippen LogP contribution in [0.5, 0.6) is 0 Å². The number of rotatable bonds is 6. The van der Waals surface area contributed by atoms with Crippen molar-refractivity contribution in [2.75, 3.05) is 46.8 Å². The van der Waals surface area contributed by atoms with Gasteiger partial charge in [-0.25, -0.2) is 9.67 Å². The van der Waals surface area contributed by atoms with Gasteiger partial charge in [-0.3, -0.25) is 9.69 Å². The van der Waals surface area contributed by atoms with E-state index in [1.807, 2.05) is 21.8 Å². The lowest BCUT2D eigenvalue weighted by Crippen LogP contribution is -2.45. The largest absolute Gasteiger partial charge is 0.341 e. The molecule has 2 aromatic rings. The van der Waals surface area contributed by atoms with E-state index in [4.69, 9.17) is 5.10 Å². The average Bonchev–Trinajstić information content (AvgIpc) is 3.33. The highest BCUT2D eigenvalue weighted by atomic mass is 16.2. The standard InChI is InChI=1S/C22H34N6O/c1-17-7-4-5-11-26(17)16-20(29)27-12-9-18(15-27)21-19-8-6-10-23-22(19)28(24-21)14-13-25(2)3/h6,8,10,17-18H,4-5,7,9,11-16H2,1-3H3. The van der Waals surface area contributed by atoms with Crippen LogP contribution in [0.25, 0.3) is 11.0 Å². The third kappa shape index (κ3) is 4.46. The van der Waals surface area contributed by atoms with Crippen LogP contribution >= 0.6 is 0 Å². The summed E-state index contributed by atoms with van der Waals surface area (Å²) in [6.45, 7) is 7.22. The van der Waals surface area contributed by atoms with Crippen molar-refractivity contribution in [1.82, 2.24) is 29.5 Å². The van der Waals surface area contributed by atoms with E-state index in [1.165, 1.54) is 19.3 Å². The fourth-order valence-electron chi connectivity index (χ4n) is 4.66. The lowest BCUT2D eigenvalue weighted by Gasteiger charge is -2.33. The number of aromatic nitrogens is 3. The van der Waals surface area contributed by atoms with Gasteiger partial charge in [-0.1, -0.05) is 6.42 Å². The smallest absolute Gasteiger partial charge is 0.236 e. The van der Waals surface area contributed by atoms with E-state index in [0.29, 0.717) is 18.5 Å². The van der Waals surface area contributed by atoms with Crippen LogP contribution in [0.4, 0.5) is 0 Å². The molecule has 4 heterocycles. The Hall–Kier alpha value is -1.99. The van der Waals surface area contributed by atoms with Crippen LogP contribution in [-0.2, 0) is 11.3 Å². The molecule has 29 heavy (non-hydrogen) atoms. The van der Waals surface area contributed by atoms with Gasteiger partial charge in [-0.2, -0.15) is 5.10 Å². The van der Waals surface area contributed by atoms with Crippen LogP contribution in [0, 0.1) is 0 Å². The SMILES string of the molecule is CC1CCCCN1CC(=O)N1CCC(c2nn(CCN(C)C)c3ncccc23)C1. The van der Waals surface area contributed by atoms with Crippen molar-refractivity contribution in [1.29, 1.82) is 0 Å². The van der Waals surface area contributed by atoms with Crippen LogP contribution in [0.2, 0.25) is 0 Å². The zero-order chi connectivity index (χ0) is 20.4. The van der Waals surface area contributed by atoms with Crippen LogP contribution in [0.15, 0.2) is 18.3 Å². The maximum atomic E-state index is 12.9. The maximum absolute atomic E-state index is 12.9. The molecule has 0 aliphatic carbocycles. The number of pyridine rings is 1. The molecule has 2 atom stereocenters. The van der Waals surface area contributed by atoms with Crippen molar-refractivity contribution in [2.45, 2.75) is 51.1 Å². The summed E-state index contributed by atoms with van der Waals surface area (Å²) in [6.07, 6.45) is 6.53. The molecular weight excluding hydrogens is 364 g/mol. The molecule has 7 nitrogen and oxygen atoms in total. The van der Waals surface area contributed by atoms with E-state index in [1.54, 1.807) is 0 Å². The summed E-state index contributed by atoms with van der Waals surface area (Å²) in [5, 5.41) is 6.08. The zero-order valence-corrected chi connectivity index (χ0v) is 18.0. The molecule has 0 aromatic carbocycles. The number of amides is 1. The third-order valence-corrected chi connectivity index (χ3v) is 6.50. The number of likely N-dealkylation sites (tertiary alicyclic amines) is 2. The third-order valence-electron chi connectivity index (χ3n) is 6.50. The minimum atomic E-state index is 0.274. The highest BCUT2D eigenvalue weighted by Crippen LogP contribution is 2.31. The quantitative estimate of drug-likeness (QED) is 0.747. The molecule has 2 aromatic heterocycles. The Bertz CT molecular complexity index is 847. The van der Waals surface area contributed by atoms with Gasteiger partial charge >= 0.3 is 0 Å². The first-order valence-corrected chi connectivity index (χ1v) is 11.0. The van der Waals surface area contributed by atoms with Crippen LogP contribution in [0.1, 0.15) is 44.2 Å². The molecular formula is C22H34N6O. The van der Waals surface area contributed by atoms with Crippen LogP contribution in [0.3, 0.4) is 0 Å². The van der Waals surface area contributed by atoms with Gasteiger partial charge < -0.3 is 9.80 Å². The summed E-state index contributed by atoms with van der Waals surface area (Å²) < 4.78 is 2.03. The van der Waals surface area contributed by atoms with Gasteiger partial charge in [0.25, 0.3) is 0 Å². The Balaban J connectivity index is 1.46. The lowest BCUT2D eigenvalue weighted by atomic mass is 10.0.